The van der Waals surface area contributed by atoms with Crippen molar-refractivity contribution >= 4 is 17.7 Å². The van der Waals surface area contributed by atoms with Crippen molar-refractivity contribution in [2.45, 2.75) is 0 Å². The quantitative estimate of drug-likeness (QED) is 0.807. The van der Waals surface area contributed by atoms with E-state index < -0.39 is 17.8 Å². The topological polar surface area (TPSA) is 69.6 Å². The van der Waals surface area contributed by atoms with Crippen LogP contribution in [0.3, 0.4) is 0 Å². The first kappa shape index (κ1) is 13.7. The Bertz CT molecular complexity index is 488. The van der Waals surface area contributed by atoms with Crippen molar-refractivity contribution in [3.8, 4) is 0 Å². The van der Waals surface area contributed by atoms with E-state index >= 15 is 0 Å². The minimum absolute atomic E-state index is 0.0990. The van der Waals surface area contributed by atoms with Gasteiger partial charge in [-0.15, -0.1) is 6.58 Å². The summed E-state index contributed by atoms with van der Waals surface area (Å²) < 4.78 is 13.4. The van der Waals surface area contributed by atoms with Gasteiger partial charge in [-0.1, -0.05) is 6.08 Å². The molecule has 1 aromatic carbocycles. The van der Waals surface area contributed by atoms with Gasteiger partial charge in [0.25, 0.3) is 0 Å². The fourth-order valence-corrected chi connectivity index (χ4v) is 1.24. The largest absolute Gasteiger partial charge is 0.478 e. The maximum Gasteiger partial charge on any atom is 0.335 e. The van der Waals surface area contributed by atoms with E-state index in [0.29, 0.717) is 6.54 Å². The number of hydrogen-bond donors (Lipinski definition) is 2. The van der Waals surface area contributed by atoms with E-state index in [1.54, 1.807) is 0 Å². The molecule has 5 nitrogen and oxygen atoms in total. The van der Waals surface area contributed by atoms with Gasteiger partial charge in [-0.3, -0.25) is 0 Å². The fraction of sp³-hybridized carbons (Fsp3) is 0.167. The van der Waals surface area contributed by atoms with Crippen LogP contribution in [0.4, 0.5) is 14.9 Å². The van der Waals surface area contributed by atoms with Crippen molar-refractivity contribution < 1.29 is 19.1 Å². The first-order valence-electron chi connectivity index (χ1n) is 5.11. The summed E-state index contributed by atoms with van der Waals surface area (Å²) in [6.07, 6.45) is 1.52. The average molecular weight is 252 g/mol. The maximum absolute atomic E-state index is 13.4. The van der Waals surface area contributed by atoms with E-state index in [1.165, 1.54) is 18.0 Å². The standard InChI is InChI=1S/C12H13FN2O3/c1-3-6-15(2)12(18)14-10-7-8(11(16)17)4-5-9(10)13/h3-5,7H,1,6H2,2H3,(H,14,18)(H,16,17). The van der Waals surface area contributed by atoms with E-state index in [9.17, 15) is 14.0 Å². The maximum atomic E-state index is 13.4. The molecule has 0 saturated carbocycles. The summed E-state index contributed by atoms with van der Waals surface area (Å²) in [4.78, 5) is 23.6. The summed E-state index contributed by atoms with van der Waals surface area (Å²) in [5.74, 6) is -1.88. The van der Waals surface area contributed by atoms with Crippen LogP contribution in [0.25, 0.3) is 0 Å². The number of carboxylic acids is 1. The van der Waals surface area contributed by atoms with Crippen molar-refractivity contribution in [2.24, 2.45) is 0 Å². The SMILES string of the molecule is C=CCN(C)C(=O)Nc1cc(C(=O)O)ccc1F. The number of nitrogens with one attached hydrogen (secondary N) is 1. The lowest BCUT2D eigenvalue weighted by atomic mass is 10.2. The number of likely N-dealkylation sites (N-methyl/N-ethyl adjacent to an activating group) is 1. The minimum Gasteiger partial charge on any atom is -0.478 e. The van der Waals surface area contributed by atoms with Crippen LogP contribution in [-0.2, 0) is 0 Å². The van der Waals surface area contributed by atoms with Crippen molar-refractivity contribution in [3.63, 3.8) is 0 Å². The average Bonchev–Trinajstić information content (AvgIpc) is 2.31. The molecule has 0 unspecified atom stereocenters. The molecule has 2 amide bonds. The predicted molar refractivity (Wildman–Crippen MR) is 65.2 cm³/mol. The van der Waals surface area contributed by atoms with Crippen LogP contribution in [0.2, 0.25) is 0 Å². The summed E-state index contributed by atoms with van der Waals surface area (Å²) in [5, 5.41) is 11.1. The van der Waals surface area contributed by atoms with Crippen molar-refractivity contribution in [2.75, 3.05) is 18.9 Å². The monoisotopic (exact) mass is 252 g/mol. The normalized spacial score (nSPS) is 9.67. The molecule has 0 saturated heterocycles. The second kappa shape index (κ2) is 5.81. The van der Waals surface area contributed by atoms with Gasteiger partial charge in [0.2, 0.25) is 0 Å². The zero-order valence-electron chi connectivity index (χ0n) is 9.81. The van der Waals surface area contributed by atoms with Crippen LogP contribution in [0.5, 0.6) is 0 Å². The number of anilines is 1. The molecule has 0 aliphatic rings. The molecule has 0 aliphatic heterocycles. The van der Waals surface area contributed by atoms with Gasteiger partial charge in [0, 0.05) is 13.6 Å². The summed E-state index contributed by atoms with van der Waals surface area (Å²) in [7, 11) is 1.51. The number of urea groups is 1. The lowest BCUT2D eigenvalue weighted by Crippen LogP contribution is -2.31. The number of benzene rings is 1. The molecule has 1 rings (SSSR count). The van der Waals surface area contributed by atoms with E-state index in [-0.39, 0.29) is 11.3 Å². The lowest BCUT2D eigenvalue weighted by Gasteiger charge is -2.16. The molecule has 0 fully saturated rings. The van der Waals surface area contributed by atoms with Gasteiger partial charge >= 0.3 is 12.0 Å². The second-order valence-corrected chi connectivity index (χ2v) is 3.60. The fourth-order valence-electron chi connectivity index (χ4n) is 1.24. The molecule has 0 radical (unpaired) electrons. The van der Waals surface area contributed by atoms with Gasteiger partial charge in [0.1, 0.15) is 5.82 Å². The third kappa shape index (κ3) is 3.31. The Morgan fingerprint density at radius 3 is 2.78 bits per heavy atom. The van der Waals surface area contributed by atoms with Gasteiger partial charge in [-0.2, -0.15) is 0 Å². The smallest absolute Gasteiger partial charge is 0.335 e. The van der Waals surface area contributed by atoms with Gasteiger partial charge in [0.05, 0.1) is 11.3 Å². The molecule has 0 aromatic heterocycles. The molecule has 96 valence electrons. The van der Waals surface area contributed by atoms with E-state index in [1.807, 2.05) is 0 Å². The Morgan fingerprint density at radius 2 is 2.22 bits per heavy atom. The first-order chi connectivity index (χ1) is 8.45. The van der Waals surface area contributed by atoms with Crippen LogP contribution in [0.15, 0.2) is 30.9 Å². The highest BCUT2D eigenvalue weighted by Crippen LogP contribution is 2.16. The highest BCUT2D eigenvalue weighted by molar-refractivity contribution is 5.93. The molecular formula is C12H13FN2O3. The highest BCUT2D eigenvalue weighted by Gasteiger charge is 2.12. The number of carbonyl (C=O) groups is 2. The molecule has 0 aliphatic carbocycles. The van der Waals surface area contributed by atoms with E-state index in [4.69, 9.17) is 5.11 Å². The Balaban J connectivity index is 2.89. The summed E-state index contributed by atoms with van der Waals surface area (Å²) in [5.41, 5.74) is -0.270. The van der Waals surface area contributed by atoms with Crippen LogP contribution < -0.4 is 5.32 Å². The molecule has 1 aromatic rings. The Kier molecular flexibility index (Phi) is 4.42. The number of carboxylic acid groups (broad SMARTS) is 1. The number of amides is 2. The number of halogens is 1. The van der Waals surface area contributed by atoms with Gasteiger partial charge in [-0.25, -0.2) is 14.0 Å². The summed E-state index contributed by atoms with van der Waals surface area (Å²) >= 11 is 0. The van der Waals surface area contributed by atoms with Crippen LogP contribution in [0, 0.1) is 5.82 Å². The second-order valence-electron chi connectivity index (χ2n) is 3.60. The molecule has 0 atom stereocenters. The van der Waals surface area contributed by atoms with E-state index in [0.717, 1.165) is 18.2 Å². The van der Waals surface area contributed by atoms with E-state index in [2.05, 4.69) is 11.9 Å². The molecule has 18 heavy (non-hydrogen) atoms. The molecular weight excluding hydrogens is 239 g/mol. The van der Waals surface area contributed by atoms with Gasteiger partial charge < -0.3 is 15.3 Å². The van der Waals surface area contributed by atoms with Gasteiger partial charge in [-0.05, 0) is 18.2 Å². The third-order valence-electron chi connectivity index (χ3n) is 2.20. The van der Waals surface area contributed by atoms with Crippen LogP contribution >= 0.6 is 0 Å². The number of hydrogen-bond acceptors (Lipinski definition) is 2. The molecule has 0 bridgehead atoms. The summed E-state index contributed by atoms with van der Waals surface area (Å²) in [6.45, 7) is 3.77. The van der Waals surface area contributed by atoms with Crippen molar-refractivity contribution in [1.29, 1.82) is 0 Å². The van der Waals surface area contributed by atoms with Crippen LogP contribution in [0.1, 0.15) is 10.4 Å². The predicted octanol–water partition coefficient (Wildman–Crippen LogP) is 2.17. The van der Waals surface area contributed by atoms with Crippen molar-refractivity contribution in [1.82, 2.24) is 4.90 Å². The number of rotatable bonds is 4. The Labute approximate surface area is 104 Å². The molecule has 0 heterocycles. The minimum atomic E-state index is -1.19. The lowest BCUT2D eigenvalue weighted by molar-refractivity contribution is 0.0697. The zero-order valence-corrected chi connectivity index (χ0v) is 9.81. The molecule has 0 spiro atoms. The zero-order chi connectivity index (χ0) is 13.7. The van der Waals surface area contributed by atoms with Crippen molar-refractivity contribution in [3.05, 3.63) is 42.2 Å². The van der Waals surface area contributed by atoms with Gasteiger partial charge in [0.15, 0.2) is 0 Å². The Hall–Kier alpha value is -2.37. The van der Waals surface area contributed by atoms with Crippen LogP contribution in [-0.4, -0.2) is 35.6 Å². The molecule has 6 heteroatoms. The molecule has 2 N–H and O–H groups in total. The number of nitrogens with zero attached hydrogens (tertiary/aromatic N) is 1. The number of carbonyl (C=O) groups excluding carboxylic acids is 1. The highest BCUT2D eigenvalue weighted by atomic mass is 19.1. The Morgan fingerprint density at radius 1 is 1.56 bits per heavy atom. The summed E-state index contributed by atoms with van der Waals surface area (Å²) in [6, 6.07) is 2.64. The third-order valence-corrected chi connectivity index (χ3v) is 2.20. The number of aromatic carboxylic acids is 1. The first-order valence-corrected chi connectivity index (χ1v) is 5.11.